The van der Waals surface area contributed by atoms with E-state index in [9.17, 15) is 9.59 Å². The summed E-state index contributed by atoms with van der Waals surface area (Å²) < 4.78 is 6.62. The molecule has 0 aliphatic heterocycles. The molecule has 0 aliphatic rings. The summed E-state index contributed by atoms with van der Waals surface area (Å²) in [7, 11) is 1.81. The molecule has 1 aromatic heterocycles. The van der Waals surface area contributed by atoms with Crippen LogP contribution in [0.3, 0.4) is 0 Å². The van der Waals surface area contributed by atoms with Crippen LogP contribution in [0, 0.1) is 0 Å². The van der Waals surface area contributed by atoms with Gasteiger partial charge in [0.1, 0.15) is 5.69 Å². The average molecular weight is 383 g/mol. The molecule has 0 fully saturated rings. The predicted octanol–water partition coefficient (Wildman–Crippen LogP) is 4.66. The van der Waals surface area contributed by atoms with Gasteiger partial charge < -0.3 is 14.6 Å². The molecule has 3 aromatic rings. The number of carbonyl (C=O) groups excluding carboxylic acids is 2. The van der Waals surface area contributed by atoms with Crippen LogP contribution in [0.2, 0.25) is 5.02 Å². The molecule has 0 radical (unpaired) electrons. The van der Waals surface area contributed by atoms with Crippen molar-refractivity contribution in [3.8, 4) is 0 Å². The van der Waals surface area contributed by atoms with Gasteiger partial charge in [-0.2, -0.15) is 0 Å². The molecule has 0 bridgehead atoms. The number of hydrogen-bond donors (Lipinski definition) is 1. The van der Waals surface area contributed by atoms with E-state index >= 15 is 0 Å². The maximum Gasteiger partial charge on any atom is 0.330 e. The second-order valence-electron chi connectivity index (χ2n) is 5.90. The number of halogens is 1. The molecule has 0 unspecified atom stereocenters. The van der Waals surface area contributed by atoms with Crippen LogP contribution in [0.25, 0.3) is 17.0 Å². The van der Waals surface area contributed by atoms with Crippen LogP contribution < -0.4 is 5.32 Å². The van der Waals surface area contributed by atoms with E-state index in [2.05, 4.69) is 5.32 Å². The van der Waals surface area contributed by atoms with E-state index in [-0.39, 0.29) is 11.9 Å². The highest BCUT2D eigenvalue weighted by atomic mass is 35.5. The molecule has 5 nitrogen and oxygen atoms in total. The van der Waals surface area contributed by atoms with Gasteiger partial charge in [-0.05, 0) is 36.8 Å². The van der Waals surface area contributed by atoms with Crippen LogP contribution in [-0.4, -0.2) is 23.1 Å². The van der Waals surface area contributed by atoms with Gasteiger partial charge in [-0.3, -0.25) is 4.79 Å². The minimum absolute atomic E-state index is 0.284. The molecule has 27 heavy (non-hydrogen) atoms. The number of aryl methyl sites for hydroxylation is 1. The molecule has 0 saturated heterocycles. The number of amides is 1. The zero-order chi connectivity index (χ0) is 19.4. The normalized spacial score (nSPS) is 11.1. The van der Waals surface area contributed by atoms with Gasteiger partial charge in [-0.1, -0.05) is 41.9 Å². The first-order valence-electron chi connectivity index (χ1n) is 8.50. The van der Waals surface area contributed by atoms with E-state index in [1.54, 1.807) is 41.8 Å². The Morgan fingerprint density at radius 1 is 1.15 bits per heavy atom. The highest BCUT2D eigenvalue weighted by Gasteiger charge is 2.19. The van der Waals surface area contributed by atoms with Crippen molar-refractivity contribution in [3.05, 3.63) is 70.9 Å². The zero-order valence-corrected chi connectivity index (χ0v) is 15.8. The Hall–Kier alpha value is -3.05. The fraction of sp³-hybridized carbons (Fsp3) is 0.143. The maximum absolute atomic E-state index is 12.7. The predicted molar refractivity (Wildman–Crippen MR) is 108 cm³/mol. The van der Waals surface area contributed by atoms with E-state index in [1.807, 2.05) is 31.3 Å². The third-order valence-electron chi connectivity index (χ3n) is 4.13. The molecule has 0 aliphatic carbocycles. The summed E-state index contributed by atoms with van der Waals surface area (Å²) in [6.07, 6.45) is 3.02. The van der Waals surface area contributed by atoms with Gasteiger partial charge in [0.15, 0.2) is 0 Å². The van der Waals surface area contributed by atoms with Crippen molar-refractivity contribution >= 4 is 46.1 Å². The number of fused-ring (bicyclic) bond motifs is 1. The van der Waals surface area contributed by atoms with Gasteiger partial charge in [0, 0.05) is 29.7 Å². The van der Waals surface area contributed by atoms with Crippen molar-refractivity contribution in [2.75, 3.05) is 11.9 Å². The number of nitrogens with one attached hydrogen (secondary N) is 1. The van der Waals surface area contributed by atoms with Gasteiger partial charge in [0.2, 0.25) is 0 Å². The van der Waals surface area contributed by atoms with Crippen molar-refractivity contribution in [1.82, 2.24) is 4.57 Å². The van der Waals surface area contributed by atoms with Crippen molar-refractivity contribution in [1.29, 1.82) is 0 Å². The lowest BCUT2D eigenvalue weighted by Crippen LogP contribution is -2.16. The van der Waals surface area contributed by atoms with Gasteiger partial charge >= 0.3 is 5.97 Å². The highest BCUT2D eigenvalue weighted by Crippen LogP contribution is 2.30. The first-order valence-corrected chi connectivity index (χ1v) is 8.88. The number of aromatic nitrogens is 1. The lowest BCUT2D eigenvalue weighted by molar-refractivity contribution is -0.137. The smallest absolute Gasteiger partial charge is 0.330 e. The molecule has 0 atom stereocenters. The Kier molecular flexibility index (Phi) is 5.62. The quantitative estimate of drug-likeness (QED) is 0.515. The molecular formula is C21H19ClN2O3. The van der Waals surface area contributed by atoms with Crippen LogP contribution in [0.15, 0.2) is 54.6 Å². The maximum atomic E-state index is 12.7. The van der Waals surface area contributed by atoms with Gasteiger partial charge in [0.05, 0.1) is 11.6 Å². The Labute approximate surface area is 162 Å². The molecule has 1 heterocycles. The molecule has 1 N–H and O–H groups in total. The van der Waals surface area contributed by atoms with Gasteiger partial charge in [0.25, 0.3) is 5.91 Å². The van der Waals surface area contributed by atoms with E-state index < -0.39 is 0 Å². The summed E-state index contributed by atoms with van der Waals surface area (Å²) in [5.41, 5.74) is 2.76. The number of anilines is 1. The van der Waals surface area contributed by atoms with E-state index in [0.717, 1.165) is 16.5 Å². The van der Waals surface area contributed by atoms with Crippen molar-refractivity contribution in [3.63, 3.8) is 0 Å². The van der Waals surface area contributed by atoms with E-state index in [1.165, 1.54) is 6.08 Å². The fourth-order valence-electron chi connectivity index (χ4n) is 2.82. The summed E-state index contributed by atoms with van der Waals surface area (Å²) in [4.78, 5) is 24.0. The molecule has 6 heteroatoms. The summed E-state index contributed by atoms with van der Waals surface area (Å²) in [5, 5.41) is 4.12. The lowest BCUT2D eigenvalue weighted by Gasteiger charge is -2.07. The SMILES string of the molecule is CCOC(=O)/C=C/c1ccc(NC(=O)c2c(Cl)c3ccccc3n2C)cc1. The van der Waals surface area contributed by atoms with Gasteiger partial charge in [-0.25, -0.2) is 4.79 Å². The lowest BCUT2D eigenvalue weighted by atomic mass is 10.2. The average Bonchev–Trinajstić information content (AvgIpc) is 2.92. The van der Waals surface area contributed by atoms with E-state index in [0.29, 0.717) is 23.0 Å². The summed E-state index contributed by atoms with van der Waals surface area (Å²) in [6, 6.07) is 14.7. The number of para-hydroxylation sites is 1. The van der Waals surface area contributed by atoms with Crippen LogP contribution >= 0.6 is 11.6 Å². The Morgan fingerprint density at radius 3 is 2.52 bits per heavy atom. The van der Waals surface area contributed by atoms with Crippen molar-refractivity contribution in [2.24, 2.45) is 7.05 Å². The Balaban J connectivity index is 1.76. The topological polar surface area (TPSA) is 60.3 Å². The summed E-state index contributed by atoms with van der Waals surface area (Å²) in [6.45, 7) is 2.09. The summed E-state index contributed by atoms with van der Waals surface area (Å²) >= 11 is 6.41. The van der Waals surface area contributed by atoms with E-state index in [4.69, 9.17) is 16.3 Å². The standard InChI is InChI=1S/C21H19ClN2O3/c1-3-27-18(25)13-10-14-8-11-15(12-9-14)23-21(26)20-19(22)16-6-4-5-7-17(16)24(20)2/h4-13H,3H2,1-2H3,(H,23,26)/b13-10+. The number of ether oxygens (including phenoxy) is 1. The zero-order valence-electron chi connectivity index (χ0n) is 15.0. The number of carbonyl (C=O) groups is 2. The highest BCUT2D eigenvalue weighted by molar-refractivity contribution is 6.39. The Morgan fingerprint density at radius 2 is 1.85 bits per heavy atom. The first kappa shape index (κ1) is 18.7. The van der Waals surface area contributed by atoms with Crippen molar-refractivity contribution < 1.29 is 14.3 Å². The molecule has 138 valence electrons. The largest absolute Gasteiger partial charge is 0.463 e. The number of benzene rings is 2. The molecular weight excluding hydrogens is 364 g/mol. The second kappa shape index (κ2) is 8.10. The van der Waals surface area contributed by atoms with Crippen molar-refractivity contribution in [2.45, 2.75) is 6.92 Å². The molecule has 1 amide bonds. The first-order chi connectivity index (χ1) is 13.0. The van der Waals surface area contributed by atoms with Gasteiger partial charge in [-0.15, -0.1) is 0 Å². The minimum Gasteiger partial charge on any atom is -0.463 e. The van der Waals surface area contributed by atoms with Crippen LogP contribution in [0.1, 0.15) is 23.0 Å². The number of rotatable bonds is 5. The fourth-order valence-corrected chi connectivity index (χ4v) is 3.19. The Bertz CT molecular complexity index is 981. The number of nitrogens with zero attached hydrogens (tertiary/aromatic N) is 1. The monoisotopic (exact) mass is 382 g/mol. The minimum atomic E-state index is -0.389. The van der Waals surface area contributed by atoms with Crippen LogP contribution in [0.4, 0.5) is 5.69 Å². The second-order valence-corrected chi connectivity index (χ2v) is 6.28. The third kappa shape index (κ3) is 4.04. The molecule has 3 rings (SSSR count). The summed E-state index contributed by atoms with van der Waals surface area (Å²) in [5.74, 6) is -0.672. The van der Waals surface area contributed by atoms with Crippen LogP contribution in [-0.2, 0) is 16.6 Å². The molecule has 2 aromatic carbocycles. The molecule has 0 saturated carbocycles. The number of hydrogen-bond acceptors (Lipinski definition) is 3. The number of esters is 1. The third-order valence-corrected chi connectivity index (χ3v) is 4.51. The molecule has 0 spiro atoms. The van der Waals surface area contributed by atoms with Crippen LogP contribution in [0.5, 0.6) is 0 Å².